The average molecular weight is 408 g/mol. The third-order valence-electron chi connectivity index (χ3n) is 5.47. The Bertz CT molecular complexity index is 1030. The van der Waals surface area contributed by atoms with Crippen LogP contribution in [0.15, 0.2) is 59.1 Å². The molecule has 0 saturated heterocycles. The molecule has 4 rings (SSSR count). The minimum absolute atomic E-state index is 0.106. The lowest BCUT2D eigenvalue weighted by atomic mass is 9.93. The second-order valence-electron chi connectivity index (χ2n) is 7.41. The van der Waals surface area contributed by atoms with Gasteiger partial charge in [-0.05, 0) is 31.0 Å². The molecule has 0 aliphatic heterocycles. The van der Waals surface area contributed by atoms with Crippen molar-refractivity contribution in [3.05, 3.63) is 65.9 Å². The first kappa shape index (κ1) is 19.8. The quantitative estimate of drug-likeness (QED) is 0.607. The first-order chi connectivity index (χ1) is 14.6. The molecule has 1 saturated carbocycles. The Balaban J connectivity index is 1.53. The Hall–Kier alpha value is -3.48. The van der Waals surface area contributed by atoms with Crippen molar-refractivity contribution in [2.45, 2.75) is 18.8 Å². The number of methoxy groups -OCH3 is 2. The minimum atomic E-state index is -0.409. The van der Waals surface area contributed by atoms with Gasteiger partial charge in [0.15, 0.2) is 11.5 Å². The summed E-state index contributed by atoms with van der Waals surface area (Å²) in [4.78, 5) is 12.9. The number of carbonyl (C=O) groups excluding carboxylic acids is 1. The van der Waals surface area contributed by atoms with Crippen molar-refractivity contribution in [1.29, 1.82) is 0 Å². The summed E-state index contributed by atoms with van der Waals surface area (Å²) in [7, 11) is 3.17. The number of aryl methyl sites for hydroxylation is 1. The van der Waals surface area contributed by atoms with Gasteiger partial charge in [-0.2, -0.15) is 0 Å². The second kappa shape index (κ2) is 8.10. The number of nitrogens with zero attached hydrogens (tertiary/aromatic N) is 1. The van der Waals surface area contributed by atoms with Crippen LogP contribution in [-0.4, -0.2) is 31.9 Å². The Kier molecular flexibility index (Phi) is 5.35. The molecule has 1 aromatic heterocycles. The maximum absolute atomic E-state index is 12.9. The Labute approximate surface area is 174 Å². The summed E-state index contributed by atoms with van der Waals surface area (Å²) in [6.45, 7) is 2.17. The Morgan fingerprint density at radius 2 is 1.90 bits per heavy atom. The molecule has 2 unspecified atom stereocenters. The molecule has 1 heterocycles. The van der Waals surface area contributed by atoms with Crippen molar-refractivity contribution in [3.63, 3.8) is 0 Å². The first-order valence-electron chi connectivity index (χ1n) is 9.70. The zero-order chi connectivity index (χ0) is 21.1. The van der Waals surface area contributed by atoms with Crippen LogP contribution in [0.5, 0.6) is 17.2 Å². The van der Waals surface area contributed by atoms with Crippen molar-refractivity contribution < 1.29 is 23.5 Å². The van der Waals surface area contributed by atoms with Gasteiger partial charge in [-0.15, -0.1) is 0 Å². The maximum Gasteiger partial charge on any atom is 0.231 e. The van der Waals surface area contributed by atoms with Crippen LogP contribution in [0.4, 0.5) is 5.88 Å². The van der Waals surface area contributed by atoms with E-state index in [4.69, 9.17) is 18.7 Å². The van der Waals surface area contributed by atoms with Gasteiger partial charge in [0.1, 0.15) is 5.75 Å². The van der Waals surface area contributed by atoms with Gasteiger partial charge in [0.05, 0.1) is 32.4 Å². The molecular formula is C23H24N2O5. The molecule has 0 radical (unpaired) electrons. The molecule has 7 nitrogen and oxygen atoms in total. The van der Waals surface area contributed by atoms with E-state index in [0.717, 1.165) is 5.56 Å². The van der Waals surface area contributed by atoms with Crippen LogP contribution in [0.2, 0.25) is 0 Å². The van der Waals surface area contributed by atoms with Crippen LogP contribution in [0, 0.1) is 12.8 Å². The van der Waals surface area contributed by atoms with Gasteiger partial charge in [-0.1, -0.05) is 35.5 Å². The highest BCUT2D eigenvalue weighted by Gasteiger charge is 2.60. The number of rotatable bonds is 8. The van der Waals surface area contributed by atoms with E-state index >= 15 is 0 Å². The average Bonchev–Trinajstić information content (AvgIpc) is 3.39. The molecule has 156 valence electrons. The number of aromatic nitrogens is 1. The van der Waals surface area contributed by atoms with Crippen molar-refractivity contribution >= 4 is 11.8 Å². The van der Waals surface area contributed by atoms with Crippen LogP contribution in [0.25, 0.3) is 0 Å². The normalized spacial score (nSPS) is 19.8. The monoisotopic (exact) mass is 408 g/mol. The lowest BCUT2D eigenvalue weighted by Gasteiger charge is -2.19. The van der Waals surface area contributed by atoms with E-state index in [2.05, 4.69) is 10.5 Å². The van der Waals surface area contributed by atoms with Crippen molar-refractivity contribution in [2.75, 3.05) is 26.1 Å². The summed E-state index contributed by atoms with van der Waals surface area (Å²) in [6.07, 6.45) is 0.684. The van der Waals surface area contributed by atoms with E-state index < -0.39 is 5.41 Å². The standard InChI is InChI=1S/C23H24N2O5/c1-15-11-21(30-25-15)24-22(26)18-13-23(18,16-7-5-4-6-8-16)14-29-17-9-10-19(27-2)20(12-17)28-3/h4-12,18H,13-14H2,1-3H3,(H,24,26). The number of ether oxygens (including phenoxy) is 3. The van der Waals surface area contributed by atoms with Crippen molar-refractivity contribution in [3.8, 4) is 17.2 Å². The predicted octanol–water partition coefficient (Wildman–Crippen LogP) is 3.98. The number of nitrogens with one attached hydrogen (secondary N) is 1. The molecule has 2 atom stereocenters. The van der Waals surface area contributed by atoms with E-state index in [1.807, 2.05) is 43.3 Å². The first-order valence-corrected chi connectivity index (χ1v) is 9.70. The van der Waals surface area contributed by atoms with Crippen LogP contribution >= 0.6 is 0 Å². The smallest absolute Gasteiger partial charge is 0.231 e. The zero-order valence-electron chi connectivity index (χ0n) is 17.2. The highest BCUT2D eigenvalue weighted by Crippen LogP contribution is 2.55. The van der Waals surface area contributed by atoms with Crippen LogP contribution in [-0.2, 0) is 10.2 Å². The van der Waals surface area contributed by atoms with Gasteiger partial charge in [0, 0.05) is 17.5 Å². The van der Waals surface area contributed by atoms with Gasteiger partial charge < -0.3 is 18.7 Å². The van der Waals surface area contributed by atoms with E-state index in [9.17, 15) is 4.79 Å². The van der Waals surface area contributed by atoms with Gasteiger partial charge in [-0.25, -0.2) is 0 Å². The largest absolute Gasteiger partial charge is 0.493 e. The number of benzene rings is 2. The Morgan fingerprint density at radius 3 is 2.57 bits per heavy atom. The fourth-order valence-corrected chi connectivity index (χ4v) is 3.73. The van der Waals surface area contributed by atoms with Crippen molar-refractivity contribution in [1.82, 2.24) is 5.16 Å². The van der Waals surface area contributed by atoms with E-state index in [1.165, 1.54) is 0 Å². The van der Waals surface area contributed by atoms with E-state index in [-0.39, 0.29) is 11.8 Å². The van der Waals surface area contributed by atoms with E-state index in [0.29, 0.717) is 41.9 Å². The molecule has 30 heavy (non-hydrogen) atoms. The van der Waals surface area contributed by atoms with Gasteiger partial charge in [0.2, 0.25) is 11.8 Å². The molecule has 7 heteroatoms. The number of carbonyl (C=O) groups is 1. The predicted molar refractivity (Wildman–Crippen MR) is 111 cm³/mol. The SMILES string of the molecule is COc1ccc(OCC2(c3ccccc3)CC2C(=O)Nc2cc(C)no2)cc1OC. The lowest BCUT2D eigenvalue weighted by molar-refractivity contribution is -0.118. The fourth-order valence-electron chi connectivity index (χ4n) is 3.73. The summed E-state index contributed by atoms with van der Waals surface area (Å²) in [5.41, 5.74) is 1.37. The summed E-state index contributed by atoms with van der Waals surface area (Å²) in [5, 5.41) is 6.63. The highest BCUT2D eigenvalue weighted by atomic mass is 16.5. The molecule has 1 fully saturated rings. The number of amides is 1. The van der Waals surface area contributed by atoms with Crippen LogP contribution in [0.3, 0.4) is 0 Å². The van der Waals surface area contributed by atoms with Gasteiger partial charge in [0.25, 0.3) is 0 Å². The molecule has 0 spiro atoms. The number of hydrogen-bond acceptors (Lipinski definition) is 6. The molecule has 3 aromatic rings. The second-order valence-corrected chi connectivity index (χ2v) is 7.41. The summed E-state index contributed by atoms with van der Waals surface area (Å²) in [5.74, 6) is 1.89. The third kappa shape index (κ3) is 3.83. The number of hydrogen-bond donors (Lipinski definition) is 1. The molecule has 0 bridgehead atoms. The van der Waals surface area contributed by atoms with E-state index in [1.54, 1.807) is 32.4 Å². The molecule has 2 aromatic carbocycles. The fraction of sp³-hybridized carbons (Fsp3) is 0.304. The summed E-state index contributed by atoms with van der Waals surface area (Å²) < 4.78 is 21.9. The van der Waals surface area contributed by atoms with Gasteiger partial charge in [-0.3, -0.25) is 10.1 Å². The minimum Gasteiger partial charge on any atom is -0.493 e. The lowest BCUT2D eigenvalue weighted by Crippen LogP contribution is -2.26. The molecule has 1 N–H and O–H groups in total. The molecule has 1 amide bonds. The Morgan fingerprint density at radius 1 is 1.13 bits per heavy atom. The molecular weight excluding hydrogens is 384 g/mol. The topological polar surface area (TPSA) is 82.8 Å². The third-order valence-corrected chi connectivity index (χ3v) is 5.47. The zero-order valence-corrected chi connectivity index (χ0v) is 17.2. The summed E-state index contributed by atoms with van der Waals surface area (Å²) in [6, 6.07) is 17.1. The van der Waals surface area contributed by atoms with Crippen LogP contribution < -0.4 is 19.5 Å². The molecule has 1 aliphatic carbocycles. The highest BCUT2D eigenvalue weighted by molar-refractivity contribution is 5.95. The molecule has 1 aliphatic rings. The maximum atomic E-state index is 12.9. The number of anilines is 1. The van der Waals surface area contributed by atoms with Gasteiger partial charge >= 0.3 is 0 Å². The van der Waals surface area contributed by atoms with Crippen molar-refractivity contribution in [2.24, 2.45) is 5.92 Å². The summed E-state index contributed by atoms with van der Waals surface area (Å²) >= 11 is 0. The van der Waals surface area contributed by atoms with Crippen LogP contribution in [0.1, 0.15) is 17.7 Å².